The molecule has 0 N–H and O–H groups in total. The summed E-state index contributed by atoms with van der Waals surface area (Å²) in [5.41, 5.74) is 0.438. The smallest absolute Gasteiger partial charge is 0.207 e. The summed E-state index contributed by atoms with van der Waals surface area (Å²) >= 11 is 0. The number of sulfonamides is 1. The first-order chi connectivity index (χ1) is 7.29. The van der Waals surface area contributed by atoms with E-state index in [4.69, 9.17) is 0 Å². The lowest BCUT2D eigenvalue weighted by atomic mass is 9.93. The fourth-order valence-corrected chi connectivity index (χ4v) is 4.96. The number of hydrogen-bond donors (Lipinski definition) is 0. The van der Waals surface area contributed by atoms with Gasteiger partial charge in [0.1, 0.15) is 0 Å². The van der Waals surface area contributed by atoms with E-state index in [0.717, 1.165) is 5.56 Å². The van der Waals surface area contributed by atoms with Crippen LogP contribution in [0.2, 0.25) is 0 Å². The molecule has 0 bridgehead atoms. The van der Waals surface area contributed by atoms with Crippen LogP contribution in [0.4, 0.5) is 0 Å². The predicted molar refractivity (Wildman–Crippen MR) is 63.6 cm³/mol. The van der Waals surface area contributed by atoms with E-state index >= 15 is 0 Å². The molecular formula is C12H17NO2S. The topological polar surface area (TPSA) is 37.4 Å². The molecule has 0 saturated carbocycles. The van der Waals surface area contributed by atoms with Gasteiger partial charge in [0.05, 0.1) is 10.4 Å². The third-order valence-electron chi connectivity index (χ3n) is 3.10. The molecule has 0 saturated heterocycles. The van der Waals surface area contributed by atoms with Crippen LogP contribution in [0.25, 0.3) is 0 Å². The molecule has 0 amide bonds. The molecule has 1 heterocycles. The lowest BCUT2D eigenvalue weighted by Gasteiger charge is -2.33. The highest BCUT2D eigenvalue weighted by molar-refractivity contribution is 7.89. The Labute approximate surface area is 97.1 Å². The van der Waals surface area contributed by atoms with Gasteiger partial charge in [-0.15, -0.1) is 0 Å². The molecule has 4 heteroatoms. The van der Waals surface area contributed by atoms with Crippen LogP contribution in [0, 0.1) is 0 Å². The Kier molecular flexibility index (Phi) is 2.40. The first-order valence-corrected chi connectivity index (χ1v) is 6.87. The summed E-state index contributed by atoms with van der Waals surface area (Å²) in [6.07, 6.45) is 0. The number of rotatable bonds is 1. The zero-order chi connectivity index (χ0) is 12.1. The van der Waals surface area contributed by atoms with E-state index in [9.17, 15) is 8.42 Å². The highest BCUT2D eigenvalue weighted by Crippen LogP contribution is 2.44. The van der Waals surface area contributed by atoms with Gasteiger partial charge >= 0.3 is 0 Å². The maximum Gasteiger partial charge on any atom is 0.244 e. The SMILES string of the molecule is CC(C)N1C(C)(C)c2ccccc2S1(=O)=O. The van der Waals surface area contributed by atoms with Crippen LogP contribution in [0.15, 0.2) is 29.2 Å². The van der Waals surface area contributed by atoms with Crippen LogP contribution < -0.4 is 0 Å². The standard InChI is InChI=1S/C12H17NO2S/c1-9(2)13-12(3,4)10-7-5-6-8-11(10)16(13,14)15/h5-9H,1-4H3. The van der Waals surface area contributed by atoms with Gasteiger partial charge in [-0.1, -0.05) is 18.2 Å². The summed E-state index contributed by atoms with van der Waals surface area (Å²) in [4.78, 5) is 0.453. The molecule has 16 heavy (non-hydrogen) atoms. The first kappa shape index (κ1) is 11.6. The van der Waals surface area contributed by atoms with E-state index < -0.39 is 15.6 Å². The summed E-state index contributed by atoms with van der Waals surface area (Å²) in [6.45, 7) is 7.73. The monoisotopic (exact) mass is 239 g/mol. The average Bonchev–Trinajstić information content (AvgIpc) is 2.31. The minimum Gasteiger partial charge on any atom is -0.207 e. The Balaban J connectivity index is 2.76. The van der Waals surface area contributed by atoms with Crippen molar-refractivity contribution in [1.82, 2.24) is 4.31 Å². The van der Waals surface area contributed by atoms with Crippen LogP contribution in [-0.2, 0) is 15.6 Å². The molecule has 1 aromatic carbocycles. The van der Waals surface area contributed by atoms with Crippen LogP contribution >= 0.6 is 0 Å². The van der Waals surface area contributed by atoms with Gasteiger partial charge in [0.25, 0.3) is 0 Å². The molecule has 0 atom stereocenters. The zero-order valence-electron chi connectivity index (χ0n) is 10.1. The Bertz CT molecular complexity index is 518. The lowest BCUT2D eigenvalue weighted by Crippen LogP contribution is -2.43. The first-order valence-electron chi connectivity index (χ1n) is 5.43. The van der Waals surface area contributed by atoms with Crippen molar-refractivity contribution in [2.24, 2.45) is 0 Å². The van der Waals surface area contributed by atoms with Crippen molar-refractivity contribution in [3.63, 3.8) is 0 Å². The molecule has 0 radical (unpaired) electrons. The third kappa shape index (κ3) is 1.33. The normalized spacial score (nSPS) is 22.3. The van der Waals surface area contributed by atoms with Gasteiger partial charge in [-0.05, 0) is 39.3 Å². The van der Waals surface area contributed by atoms with Crippen LogP contribution in [-0.4, -0.2) is 18.8 Å². The van der Waals surface area contributed by atoms with E-state index in [0.29, 0.717) is 4.90 Å². The van der Waals surface area contributed by atoms with Gasteiger partial charge in [-0.2, -0.15) is 4.31 Å². The summed E-state index contributed by atoms with van der Waals surface area (Å²) < 4.78 is 26.3. The largest absolute Gasteiger partial charge is 0.244 e. The molecule has 3 nitrogen and oxygen atoms in total. The van der Waals surface area contributed by atoms with Crippen LogP contribution in [0.1, 0.15) is 33.3 Å². The summed E-state index contributed by atoms with van der Waals surface area (Å²) in [5.74, 6) is 0. The molecule has 1 aliphatic heterocycles. The predicted octanol–water partition coefficient (Wildman–Crippen LogP) is 2.33. The second kappa shape index (κ2) is 3.31. The molecular weight excluding hydrogens is 222 g/mol. The van der Waals surface area contributed by atoms with Gasteiger partial charge in [0, 0.05) is 6.04 Å². The van der Waals surface area contributed by atoms with E-state index in [2.05, 4.69) is 0 Å². The van der Waals surface area contributed by atoms with E-state index in [-0.39, 0.29) is 6.04 Å². The lowest BCUT2D eigenvalue weighted by molar-refractivity contribution is 0.204. The Morgan fingerprint density at radius 1 is 1.19 bits per heavy atom. The van der Waals surface area contributed by atoms with Crippen molar-refractivity contribution < 1.29 is 8.42 Å². The fraction of sp³-hybridized carbons (Fsp3) is 0.500. The molecule has 0 unspecified atom stereocenters. The van der Waals surface area contributed by atoms with Crippen LogP contribution in [0.3, 0.4) is 0 Å². The van der Waals surface area contributed by atoms with Gasteiger partial charge in [0.2, 0.25) is 10.0 Å². The minimum absolute atomic E-state index is 0.0348. The fourth-order valence-electron chi connectivity index (χ4n) is 2.65. The molecule has 1 aromatic rings. The highest BCUT2D eigenvalue weighted by Gasteiger charge is 2.48. The number of hydrogen-bond acceptors (Lipinski definition) is 2. The van der Waals surface area contributed by atoms with E-state index in [1.807, 2.05) is 39.8 Å². The second-order valence-electron chi connectivity index (χ2n) is 4.95. The van der Waals surface area contributed by atoms with Gasteiger partial charge < -0.3 is 0 Å². The van der Waals surface area contributed by atoms with E-state index in [1.165, 1.54) is 0 Å². The van der Waals surface area contributed by atoms with Crippen molar-refractivity contribution >= 4 is 10.0 Å². The van der Waals surface area contributed by atoms with Gasteiger partial charge in [-0.3, -0.25) is 0 Å². The number of nitrogens with zero attached hydrogens (tertiary/aromatic N) is 1. The van der Waals surface area contributed by atoms with Crippen molar-refractivity contribution in [3.8, 4) is 0 Å². The summed E-state index contributed by atoms with van der Waals surface area (Å²) in [6, 6.07) is 7.22. The Hall–Kier alpha value is -0.870. The van der Waals surface area contributed by atoms with Crippen LogP contribution in [0.5, 0.6) is 0 Å². The minimum atomic E-state index is -3.32. The summed E-state index contributed by atoms with van der Waals surface area (Å²) in [7, 11) is -3.32. The van der Waals surface area contributed by atoms with E-state index in [1.54, 1.807) is 16.4 Å². The van der Waals surface area contributed by atoms with Gasteiger partial charge in [-0.25, -0.2) is 8.42 Å². The zero-order valence-corrected chi connectivity index (χ0v) is 10.9. The van der Waals surface area contributed by atoms with Gasteiger partial charge in [0.15, 0.2) is 0 Å². The molecule has 88 valence electrons. The maximum atomic E-state index is 12.4. The molecule has 2 rings (SSSR count). The third-order valence-corrected chi connectivity index (χ3v) is 5.41. The van der Waals surface area contributed by atoms with Crippen molar-refractivity contribution in [2.75, 3.05) is 0 Å². The molecule has 0 aliphatic carbocycles. The average molecular weight is 239 g/mol. The molecule has 1 aliphatic rings. The Morgan fingerprint density at radius 3 is 2.25 bits per heavy atom. The molecule has 0 fully saturated rings. The second-order valence-corrected chi connectivity index (χ2v) is 6.73. The number of benzene rings is 1. The quantitative estimate of drug-likeness (QED) is 0.754. The number of fused-ring (bicyclic) bond motifs is 1. The summed E-state index contributed by atoms with van der Waals surface area (Å²) in [5, 5.41) is 0. The maximum absolute atomic E-state index is 12.4. The highest BCUT2D eigenvalue weighted by atomic mass is 32.2. The van der Waals surface area contributed by atoms with Crippen molar-refractivity contribution in [3.05, 3.63) is 29.8 Å². The molecule has 0 spiro atoms. The molecule has 0 aromatic heterocycles. The Morgan fingerprint density at radius 2 is 1.75 bits per heavy atom. The van der Waals surface area contributed by atoms with Crippen molar-refractivity contribution in [1.29, 1.82) is 0 Å². The van der Waals surface area contributed by atoms with Crippen molar-refractivity contribution in [2.45, 2.75) is 44.2 Å².